The maximum Gasteiger partial charge on any atom is 0.337 e. The number of ether oxygens (including phenoxy) is 1. The van der Waals surface area contributed by atoms with Gasteiger partial charge in [-0.15, -0.1) is 0 Å². The summed E-state index contributed by atoms with van der Waals surface area (Å²) in [5.41, 5.74) is 0.0334. The molecule has 2 aromatic carbocycles. The average molecular weight is 316 g/mol. The number of methoxy groups -OCH3 is 1. The Kier molecular flexibility index (Phi) is 4.55. The van der Waals surface area contributed by atoms with Crippen LogP contribution in [0.4, 0.5) is 11.4 Å². The highest BCUT2D eigenvalue weighted by Gasteiger charge is 2.14. The molecular weight excluding hydrogens is 304 g/mol. The number of rotatable bonds is 4. The first kappa shape index (κ1) is 16.0. The van der Waals surface area contributed by atoms with Gasteiger partial charge in [0, 0.05) is 17.7 Å². The summed E-state index contributed by atoms with van der Waals surface area (Å²) in [6, 6.07) is 9.02. The van der Waals surface area contributed by atoms with Gasteiger partial charge in [-0.2, -0.15) is 0 Å². The lowest BCUT2D eigenvalue weighted by atomic mass is 10.1. The van der Waals surface area contributed by atoms with Crippen molar-refractivity contribution in [3.05, 3.63) is 63.7 Å². The van der Waals surface area contributed by atoms with E-state index in [0.29, 0.717) is 0 Å². The number of phenolic OH excluding ortho intramolecular Hbond substituents is 1. The zero-order valence-electron chi connectivity index (χ0n) is 12.0. The first-order chi connectivity index (χ1) is 10.9. The summed E-state index contributed by atoms with van der Waals surface area (Å²) in [5.74, 6) is -1.58. The topological polar surface area (TPSA) is 119 Å². The summed E-state index contributed by atoms with van der Waals surface area (Å²) < 4.78 is 4.52. The van der Waals surface area contributed by atoms with Gasteiger partial charge in [0.1, 0.15) is 5.75 Å². The van der Waals surface area contributed by atoms with Crippen LogP contribution in [0, 0.1) is 10.1 Å². The molecule has 0 bridgehead atoms. The second-order valence-corrected chi connectivity index (χ2v) is 4.49. The largest absolute Gasteiger partial charge is 0.506 e. The number of hydrogen-bond donors (Lipinski definition) is 2. The Hall–Kier alpha value is -3.42. The fourth-order valence-electron chi connectivity index (χ4n) is 1.84. The van der Waals surface area contributed by atoms with E-state index in [0.717, 1.165) is 12.1 Å². The minimum atomic E-state index is -0.630. The van der Waals surface area contributed by atoms with Crippen molar-refractivity contribution >= 4 is 23.3 Å². The van der Waals surface area contributed by atoms with Crippen LogP contribution in [0.25, 0.3) is 0 Å². The van der Waals surface area contributed by atoms with E-state index in [9.17, 15) is 24.8 Å². The number of carbonyl (C=O) groups is 2. The van der Waals surface area contributed by atoms with Crippen LogP contribution in [-0.4, -0.2) is 29.0 Å². The van der Waals surface area contributed by atoms with E-state index in [4.69, 9.17) is 0 Å². The van der Waals surface area contributed by atoms with Crippen molar-refractivity contribution in [2.75, 3.05) is 12.4 Å². The minimum absolute atomic E-state index is 0.0640. The molecule has 0 unspecified atom stereocenters. The molecule has 2 rings (SSSR count). The molecule has 0 aliphatic heterocycles. The molecule has 8 nitrogen and oxygen atoms in total. The highest BCUT2D eigenvalue weighted by atomic mass is 16.6. The van der Waals surface area contributed by atoms with Crippen LogP contribution in [-0.2, 0) is 4.74 Å². The summed E-state index contributed by atoms with van der Waals surface area (Å²) >= 11 is 0. The van der Waals surface area contributed by atoms with Gasteiger partial charge in [-0.3, -0.25) is 14.9 Å². The Morgan fingerprint density at radius 2 is 1.91 bits per heavy atom. The van der Waals surface area contributed by atoms with E-state index < -0.39 is 16.8 Å². The van der Waals surface area contributed by atoms with Crippen molar-refractivity contribution in [3.63, 3.8) is 0 Å². The van der Waals surface area contributed by atoms with Crippen LogP contribution >= 0.6 is 0 Å². The number of non-ortho nitro benzene ring substituents is 1. The lowest BCUT2D eigenvalue weighted by molar-refractivity contribution is -0.384. The predicted octanol–water partition coefficient (Wildman–Crippen LogP) is 2.34. The standard InChI is InChI=1S/C15H12N2O6/c1-23-15(20)10-5-6-12(13(18)8-10)16-14(19)9-3-2-4-11(7-9)17(21)22/h2-8,18H,1H3,(H,16,19). The van der Waals surface area contributed by atoms with Crippen molar-refractivity contribution in [1.82, 2.24) is 0 Å². The van der Waals surface area contributed by atoms with Gasteiger partial charge < -0.3 is 15.2 Å². The number of esters is 1. The fraction of sp³-hybridized carbons (Fsp3) is 0.0667. The Labute approximate surface area is 130 Å². The monoisotopic (exact) mass is 316 g/mol. The SMILES string of the molecule is COC(=O)c1ccc(NC(=O)c2cccc([N+](=O)[O-])c2)c(O)c1. The number of benzene rings is 2. The third-order valence-electron chi connectivity index (χ3n) is 2.99. The molecule has 2 aromatic rings. The molecule has 0 aromatic heterocycles. The number of nitrogens with one attached hydrogen (secondary N) is 1. The van der Waals surface area contributed by atoms with Crippen molar-refractivity contribution in [2.45, 2.75) is 0 Å². The summed E-state index contributed by atoms with van der Waals surface area (Å²) in [4.78, 5) is 33.5. The van der Waals surface area contributed by atoms with Crippen LogP contribution in [0.3, 0.4) is 0 Å². The van der Waals surface area contributed by atoms with Crippen molar-refractivity contribution < 1.29 is 24.4 Å². The van der Waals surface area contributed by atoms with Gasteiger partial charge in [-0.25, -0.2) is 4.79 Å². The molecule has 0 atom stereocenters. The first-order valence-corrected chi connectivity index (χ1v) is 6.39. The first-order valence-electron chi connectivity index (χ1n) is 6.39. The number of nitro groups is 1. The fourth-order valence-corrected chi connectivity index (χ4v) is 1.84. The van der Waals surface area contributed by atoms with Crippen LogP contribution in [0.1, 0.15) is 20.7 Å². The maximum absolute atomic E-state index is 12.1. The smallest absolute Gasteiger partial charge is 0.337 e. The Morgan fingerprint density at radius 1 is 1.17 bits per heavy atom. The highest BCUT2D eigenvalue weighted by Crippen LogP contribution is 2.25. The average Bonchev–Trinajstić information content (AvgIpc) is 2.55. The van der Waals surface area contributed by atoms with Gasteiger partial charge in [0.15, 0.2) is 0 Å². The van der Waals surface area contributed by atoms with Crippen molar-refractivity contribution in [3.8, 4) is 5.75 Å². The second kappa shape index (κ2) is 6.56. The Morgan fingerprint density at radius 3 is 2.52 bits per heavy atom. The predicted molar refractivity (Wildman–Crippen MR) is 80.5 cm³/mol. The molecule has 0 saturated heterocycles. The number of nitro benzene ring substituents is 1. The number of carbonyl (C=O) groups excluding carboxylic acids is 2. The molecule has 0 aliphatic rings. The number of anilines is 1. The normalized spacial score (nSPS) is 9.96. The van der Waals surface area contributed by atoms with E-state index in [-0.39, 0.29) is 28.3 Å². The third kappa shape index (κ3) is 3.62. The number of aromatic hydroxyl groups is 1. The summed E-state index contributed by atoms with van der Waals surface area (Å²) in [5, 5.41) is 23.0. The van der Waals surface area contributed by atoms with Crippen LogP contribution in [0.2, 0.25) is 0 Å². The second-order valence-electron chi connectivity index (χ2n) is 4.49. The van der Waals surface area contributed by atoms with Crippen molar-refractivity contribution in [2.24, 2.45) is 0 Å². The Balaban J connectivity index is 2.22. The quantitative estimate of drug-likeness (QED) is 0.387. The summed E-state index contributed by atoms with van der Waals surface area (Å²) in [6.45, 7) is 0. The van der Waals surface area contributed by atoms with E-state index in [2.05, 4.69) is 10.1 Å². The van der Waals surface area contributed by atoms with E-state index in [1.807, 2.05) is 0 Å². The molecular formula is C15H12N2O6. The molecule has 0 fully saturated rings. The minimum Gasteiger partial charge on any atom is -0.506 e. The van der Waals surface area contributed by atoms with Gasteiger partial charge in [-0.1, -0.05) is 6.07 Å². The molecule has 8 heteroatoms. The van der Waals surface area contributed by atoms with Crippen LogP contribution in [0.15, 0.2) is 42.5 Å². The molecule has 23 heavy (non-hydrogen) atoms. The number of phenols is 1. The number of nitrogens with zero attached hydrogens (tertiary/aromatic N) is 1. The van der Waals surface area contributed by atoms with Crippen molar-refractivity contribution in [1.29, 1.82) is 0 Å². The van der Waals surface area contributed by atoms with E-state index in [1.165, 1.54) is 37.4 Å². The Bertz CT molecular complexity index is 787. The number of hydrogen-bond acceptors (Lipinski definition) is 6. The molecule has 0 aliphatic carbocycles. The number of amides is 1. The molecule has 1 amide bonds. The molecule has 2 N–H and O–H groups in total. The van der Waals surface area contributed by atoms with Gasteiger partial charge in [0.05, 0.1) is 23.3 Å². The summed E-state index contributed by atoms with van der Waals surface area (Å²) in [6.07, 6.45) is 0. The zero-order chi connectivity index (χ0) is 17.0. The maximum atomic E-state index is 12.1. The molecule has 0 heterocycles. The molecule has 0 radical (unpaired) electrons. The van der Waals surface area contributed by atoms with Gasteiger partial charge >= 0.3 is 5.97 Å². The van der Waals surface area contributed by atoms with E-state index in [1.54, 1.807) is 0 Å². The molecule has 0 spiro atoms. The van der Waals surface area contributed by atoms with Gasteiger partial charge in [0.2, 0.25) is 0 Å². The third-order valence-corrected chi connectivity index (χ3v) is 2.99. The van der Waals surface area contributed by atoms with Crippen LogP contribution < -0.4 is 5.32 Å². The molecule has 118 valence electrons. The zero-order valence-corrected chi connectivity index (χ0v) is 12.0. The lowest BCUT2D eigenvalue weighted by Crippen LogP contribution is -2.12. The van der Waals surface area contributed by atoms with E-state index >= 15 is 0 Å². The van der Waals surface area contributed by atoms with Crippen LogP contribution in [0.5, 0.6) is 5.75 Å². The lowest BCUT2D eigenvalue weighted by Gasteiger charge is -2.08. The van der Waals surface area contributed by atoms with Gasteiger partial charge in [-0.05, 0) is 24.3 Å². The summed E-state index contributed by atoms with van der Waals surface area (Å²) in [7, 11) is 1.21. The van der Waals surface area contributed by atoms with Gasteiger partial charge in [0.25, 0.3) is 11.6 Å². The highest BCUT2D eigenvalue weighted by molar-refractivity contribution is 6.05. The molecule has 0 saturated carbocycles.